The highest BCUT2D eigenvalue weighted by atomic mass is 16.5. The van der Waals surface area contributed by atoms with E-state index in [1.165, 1.54) is 12.8 Å². The third-order valence-electron chi connectivity index (χ3n) is 2.85. The minimum atomic E-state index is 0.295. The summed E-state index contributed by atoms with van der Waals surface area (Å²) < 4.78 is 5.60. The van der Waals surface area contributed by atoms with Gasteiger partial charge in [-0.2, -0.15) is 0 Å². The minimum Gasteiger partial charge on any atom is -0.388 e. The molecular formula is C11H23N3O. The lowest BCUT2D eigenvalue weighted by Crippen LogP contribution is -2.33. The van der Waals surface area contributed by atoms with Crippen LogP contribution in [0.1, 0.15) is 32.6 Å². The molecule has 1 heterocycles. The van der Waals surface area contributed by atoms with Gasteiger partial charge in [-0.25, -0.2) is 0 Å². The Balaban J connectivity index is 2.13. The highest BCUT2D eigenvalue weighted by Gasteiger charge is 2.17. The Labute approximate surface area is 92.3 Å². The molecule has 15 heavy (non-hydrogen) atoms. The van der Waals surface area contributed by atoms with Crippen LogP contribution in [0.5, 0.6) is 0 Å². The van der Waals surface area contributed by atoms with Crippen LogP contribution >= 0.6 is 0 Å². The largest absolute Gasteiger partial charge is 0.388 e. The van der Waals surface area contributed by atoms with Crippen LogP contribution in [0.4, 0.5) is 0 Å². The van der Waals surface area contributed by atoms with Crippen molar-refractivity contribution in [2.45, 2.75) is 38.7 Å². The van der Waals surface area contributed by atoms with E-state index in [9.17, 15) is 0 Å². The highest BCUT2D eigenvalue weighted by Crippen LogP contribution is 2.13. The molecule has 1 atom stereocenters. The summed E-state index contributed by atoms with van der Waals surface area (Å²) in [5.74, 6) is 0.295. The smallest absolute Gasteiger partial charge is 0.0905 e. The van der Waals surface area contributed by atoms with Crippen LogP contribution in [-0.4, -0.2) is 43.1 Å². The lowest BCUT2D eigenvalue weighted by molar-refractivity contribution is 0.0746. The third-order valence-corrected chi connectivity index (χ3v) is 2.85. The normalized spacial score (nSPS) is 21.1. The van der Waals surface area contributed by atoms with Crippen LogP contribution in [0.25, 0.3) is 0 Å². The number of ether oxygens (including phenoxy) is 1. The summed E-state index contributed by atoms with van der Waals surface area (Å²) in [4.78, 5) is 2.39. The molecule has 0 spiro atoms. The molecule has 1 unspecified atom stereocenters. The number of hydrogen-bond acceptors (Lipinski definition) is 3. The zero-order valence-electron chi connectivity index (χ0n) is 9.67. The molecule has 0 aromatic rings. The van der Waals surface area contributed by atoms with Crippen molar-refractivity contribution in [3.05, 3.63) is 0 Å². The van der Waals surface area contributed by atoms with Crippen LogP contribution in [0.15, 0.2) is 0 Å². The van der Waals surface area contributed by atoms with E-state index < -0.39 is 0 Å². The van der Waals surface area contributed by atoms with Gasteiger partial charge in [0.15, 0.2) is 0 Å². The van der Waals surface area contributed by atoms with Crippen molar-refractivity contribution in [1.29, 1.82) is 5.41 Å². The maximum absolute atomic E-state index is 7.15. The van der Waals surface area contributed by atoms with Gasteiger partial charge in [0.25, 0.3) is 0 Å². The van der Waals surface area contributed by atoms with Crippen LogP contribution in [0.2, 0.25) is 0 Å². The summed E-state index contributed by atoms with van der Waals surface area (Å²) in [5.41, 5.74) is 5.32. The van der Waals surface area contributed by atoms with E-state index in [1.807, 2.05) is 0 Å². The van der Waals surface area contributed by atoms with Crippen molar-refractivity contribution >= 4 is 5.84 Å². The number of hydrogen-bond donors (Lipinski definition) is 2. The molecular weight excluding hydrogens is 190 g/mol. The Morgan fingerprint density at radius 1 is 1.60 bits per heavy atom. The standard InChI is InChI=1S/C11H23N3O/c1-2-14(7-3-6-11(12)13)9-10-5-4-8-15-10/h10H,2-9H2,1H3,(H3,12,13). The molecule has 1 saturated heterocycles. The minimum absolute atomic E-state index is 0.295. The first-order chi connectivity index (χ1) is 7.22. The molecule has 0 aliphatic carbocycles. The fourth-order valence-corrected chi connectivity index (χ4v) is 1.95. The van der Waals surface area contributed by atoms with E-state index in [4.69, 9.17) is 15.9 Å². The first-order valence-corrected chi connectivity index (χ1v) is 5.89. The van der Waals surface area contributed by atoms with Gasteiger partial charge in [-0.1, -0.05) is 6.92 Å². The van der Waals surface area contributed by atoms with Gasteiger partial charge >= 0.3 is 0 Å². The Morgan fingerprint density at radius 3 is 2.93 bits per heavy atom. The molecule has 0 bridgehead atoms. The van der Waals surface area contributed by atoms with Crippen LogP contribution in [0, 0.1) is 5.41 Å². The maximum atomic E-state index is 7.15. The predicted octanol–water partition coefficient (Wildman–Crippen LogP) is 1.20. The van der Waals surface area contributed by atoms with Crippen LogP contribution in [0.3, 0.4) is 0 Å². The second-order valence-electron chi connectivity index (χ2n) is 4.16. The van der Waals surface area contributed by atoms with Crippen molar-refractivity contribution in [2.75, 3.05) is 26.2 Å². The molecule has 1 rings (SSSR count). The van der Waals surface area contributed by atoms with Gasteiger partial charge in [0.1, 0.15) is 0 Å². The number of amidine groups is 1. The average Bonchev–Trinajstić information content (AvgIpc) is 2.68. The molecule has 1 fully saturated rings. The number of nitrogens with two attached hydrogens (primary N) is 1. The molecule has 1 aliphatic rings. The van der Waals surface area contributed by atoms with Crippen molar-refractivity contribution in [1.82, 2.24) is 4.90 Å². The molecule has 4 nitrogen and oxygen atoms in total. The lowest BCUT2D eigenvalue weighted by Gasteiger charge is -2.23. The highest BCUT2D eigenvalue weighted by molar-refractivity contribution is 5.76. The van der Waals surface area contributed by atoms with Gasteiger partial charge < -0.3 is 15.4 Å². The van der Waals surface area contributed by atoms with E-state index in [0.717, 1.165) is 32.7 Å². The molecule has 0 amide bonds. The van der Waals surface area contributed by atoms with E-state index in [2.05, 4.69) is 11.8 Å². The topological polar surface area (TPSA) is 62.3 Å². The average molecular weight is 213 g/mol. The number of nitrogens with one attached hydrogen (secondary N) is 1. The lowest BCUT2D eigenvalue weighted by atomic mass is 10.2. The van der Waals surface area contributed by atoms with Crippen molar-refractivity contribution in [2.24, 2.45) is 5.73 Å². The van der Waals surface area contributed by atoms with Crippen molar-refractivity contribution in [3.8, 4) is 0 Å². The summed E-state index contributed by atoms with van der Waals surface area (Å²) in [7, 11) is 0. The maximum Gasteiger partial charge on any atom is 0.0905 e. The van der Waals surface area contributed by atoms with Gasteiger partial charge in [-0.3, -0.25) is 5.41 Å². The Kier molecular flexibility index (Phi) is 5.65. The molecule has 0 radical (unpaired) electrons. The van der Waals surface area contributed by atoms with E-state index >= 15 is 0 Å². The first-order valence-electron chi connectivity index (χ1n) is 5.89. The fraction of sp³-hybridized carbons (Fsp3) is 0.909. The Hall–Kier alpha value is -0.610. The molecule has 1 aliphatic heterocycles. The molecule has 0 aromatic carbocycles. The second-order valence-corrected chi connectivity index (χ2v) is 4.16. The monoisotopic (exact) mass is 213 g/mol. The summed E-state index contributed by atoms with van der Waals surface area (Å²) in [6.45, 7) is 6.21. The molecule has 3 N–H and O–H groups in total. The number of nitrogens with zero attached hydrogens (tertiary/aromatic N) is 1. The van der Waals surface area contributed by atoms with Crippen LogP contribution < -0.4 is 5.73 Å². The SMILES string of the molecule is CCN(CCCC(=N)N)CC1CCCO1. The molecule has 88 valence electrons. The van der Waals surface area contributed by atoms with Gasteiger partial charge in [0.05, 0.1) is 11.9 Å². The summed E-state index contributed by atoms with van der Waals surface area (Å²) in [6, 6.07) is 0. The second kappa shape index (κ2) is 6.80. The van der Waals surface area contributed by atoms with Crippen LogP contribution in [-0.2, 0) is 4.74 Å². The van der Waals surface area contributed by atoms with E-state index in [0.29, 0.717) is 18.4 Å². The number of likely N-dealkylation sites (N-methyl/N-ethyl adjacent to an activating group) is 1. The van der Waals surface area contributed by atoms with E-state index in [1.54, 1.807) is 0 Å². The summed E-state index contributed by atoms with van der Waals surface area (Å²) in [6.07, 6.45) is 4.53. The van der Waals surface area contributed by atoms with Gasteiger partial charge in [-0.15, -0.1) is 0 Å². The van der Waals surface area contributed by atoms with Gasteiger partial charge in [-0.05, 0) is 32.4 Å². The number of rotatable bonds is 7. The Bertz CT molecular complexity index is 190. The summed E-state index contributed by atoms with van der Waals surface area (Å²) >= 11 is 0. The molecule has 0 saturated carbocycles. The van der Waals surface area contributed by atoms with Gasteiger partial charge in [0.2, 0.25) is 0 Å². The Morgan fingerprint density at radius 2 is 2.40 bits per heavy atom. The zero-order chi connectivity index (χ0) is 11.1. The fourth-order valence-electron chi connectivity index (χ4n) is 1.95. The predicted molar refractivity (Wildman–Crippen MR) is 62.2 cm³/mol. The quantitative estimate of drug-likeness (QED) is 0.493. The molecule has 4 heteroatoms. The first kappa shape index (κ1) is 12.5. The summed E-state index contributed by atoms with van der Waals surface area (Å²) in [5, 5.41) is 7.15. The van der Waals surface area contributed by atoms with Crippen molar-refractivity contribution < 1.29 is 4.74 Å². The third kappa shape index (κ3) is 5.14. The van der Waals surface area contributed by atoms with E-state index in [-0.39, 0.29) is 0 Å². The van der Waals surface area contributed by atoms with Gasteiger partial charge in [0, 0.05) is 19.6 Å². The zero-order valence-corrected chi connectivity index (χ0v) is 9.67. The van der Waals surface area contributed by atoms with Crippen molar-refractivity contribution in [3.63, 3.8) is 0 Å². The molecule has 0 aromatic heterocycles.